The number of rotatable bonds is 7. The van der Waals surface area contributed by atoms with Crippen molar-refractivity contribution in [3.63, 3.8) is 0 Å². The molecule has 55 heavy (non-hydrogen) atoms. The van der Waals surface area contributed by atoms with Crippen LogP contribution in [-0.2, 0) is 26.8 Å². The van der Waals surface area contributed by atoms with Gasteiger partial charge in [0.15, 0.2) is 15.5 Å². The third kappa shape index (κ3) is 9.35. The van der Waals surface area contributed by atoms with Crippen LogP contribution < -0.4 is 16.0 Å². The Balaban J connectivity index is 1.42. The van der Waals surface area contributed by atoms with E-state index in [0.29, 0.717) is 10.6 Å². The Hall–Kier alpha value is -5.67. The molecule has 3 N–H and O–H groups in total. The average Bonchev–Trinajstić information content (AvgIpc) is 3.81. The quantitative estimate of drug-likeness (QED) is 0.200. The smallest absolute Gasteiger partial charge is 0.274 e. The Morgan fingerprint density at radius 2 is 1.55 bits per heavy atom. The van der Waals surface area contributed by atoms with Crippen molar-refractivity contribution >= 4 is 44.8 Å². The van der Waals surface area contributed by atoms with E-state index in [0.717, 1.165) is 5.56 Å². The summed E-state index contributed by atoms with van der Waals surface area (Å²) in [7, 11) is -4.03. The Labute approximate surface area is 323 Å². The summed E-state index contributed by atoms with van der Waals surface area (Å²) in [6.45, 7) is 6.35. The number of hydrogen-bond acceptors (Lipinski definition) is 10. The fourth-order valence-electron chi connectivity index (χ4n) is 6.34. The number of hydrogen-bond donors (Lipinski definition) is 3. The van der Waals surface area contributed by atoms with Crippen LogP contribution in [0.2, 0.25) is 0 Å². The normalized spacial score (nSPS) is 18.5. The molecule has 4 amide bonds. The Bertz CT molecular complexity index is 2290. The van der Waals surface area contributed by atoms with E-state index in [4.69, 9.17) is 4.42 Å². The largest absolute Gasteiger partial charge is 0.443 e. The van der Waals surface area contributed by atoms with Gasteiger partial charge >= 0.3 is 0 Å². The van der Waals surface area contributed by atoms with E-state index in [-0.39, 0.29) is 58.1 Å². The highest BCUT2D eigenvalue weighted by Crippen LogP contribution is 2.26. The summed E-state index contributed by atoms with van der Waals surface area (Å²) in [6, 6.07) is 21.8. The predicted molar refractivity (Wildman–Crippen MR) is 206 cm³/mol. The second-order valence-corrected chi connectivity index (χ2v) is 16.6. The maximum atomic E-state index is 14.7. The van der Waals surface area contributed by atoms with Crippen molar-refractivity contribution in [2.75, 3.05) is 13.1 Å². The first-order valence-corrected chi connectivity index (χ1v) is 20.3. The van der Waals surface area contributed by atoms with Gasteiger partial charge in [-0.2, -0.15) is 0 Å². The molecule has 0 radical (unpaired) electrons. The molecule has 3 heterocycles. The minimum absolute atomic E-state index is 0.0336. The molecule has 0 fully saturated rings. The molecule has 0 aliphatic carbocycles. The van der Waals surface area contributed by atoms with Gasteiger partial charge in [0.05, 0.1) is 34.8 Å². The number of carbonyl (C=O) groups is 4. The fraction of sp³-hybridized carbons (Fsp3) is 0.300. The second-order valence-electron chi connectivity index (χ2n) is 13.8. The highest BCUT2D eigenvalue weighted by atomic mass is 32.2. The zero-order chi connectivity index (χ0) is 39.3. The number of thiazole rings is 1. The van der Waals surface area contributed by atoms with Crippen LogP contribution >= 0.6 is 11.3 Å². The van der Waals surface area contributed by atoms with Crippen LogP contribution in [0.3, 0.4) is 0 Å². The number of sulfone groups is 1. The number of fused-ring (bicyclic) bond motifs is 4. The third-order valence-corrected chi connectivity index (χ3v) is 11.9. The number of nitrogens with zero attached hydrogens (tertiary/aromatic N) is 3. The van der Waals surface area contributed by atoms with Crippen molar-refractivity contribution in [3.8, 4) is 0 Å². The van der Waals surface area contributed by atoms with Crippen molar-refractivity contribution in [1.82, 2.24) is 30.8 Å². The van der Waals surface area contributed by atoms with Gasteiger partial charge in [0.1, 0.15) is 22.5 Å². The van der Waals surface area contributed by atoms with Crippen molar-refractivity contribution in [2.24, 2.45) is 5.92 Å². The fourth-order valence-corrected chi connectivity index (χ4v) is 8.71. The number of nitrogens with one attached hydrogen (secondary N) is 3. The number of amides is 4. The molecule has 0 spiro atoms. The lowest BCUT2D eigenvalue weighted by Gasteiger charge is -2.29. The van der Waals surface area contributed by atoms with Gasteiger partial charge in [-0.3, -0.25) is 19.2 Å². The van der Waals surface area contributed by atoms with Crippen molar-refractivity contribution in [2.45, 2.75) is 62.9 Å². The topological polar surface area (TPSA) is 181 Å². The molecule has 2 aromatic heterocycles. The van der Waals surface area contributed by atoms with Crippen LogP contribution in [-0.4, -0.2) is 66.0 Å². The van der Waals surface area contributed by atoms with E-state index in [1.165, 1.54) is 28.4 Å². The minimum atomic E-state index is -4.03. The minimum Gasteiger partial charge on any atom is -0.443 e. The number of benzene rings is 3. The van der Waals surface area contributed by atoms with Crippen LogP contribution in [0.15, 0.2) is 99.6 Å². The maximum absolute atomic E-state index is 14.7. The number of carbonyl (C=O) groups excluding carboxylic acids is 4. The molecule has 4 bridgehead atoms. The van der Waals surface area contributed by atoms with Gasteiger partial charge in [-0.1, -0.05) is 86.6 Å². The van der Waals surface area contributed by atoms with Gasteiger partial charge in [-0.15, -0.1) is 11.3 Å². The first-order valence-electron chi connectivity index (χ1n) is 17.8. The van der Waals surface area contributed by atoms with Crippen molar-refractivity contribution in [3.05, 3.63) is 135 Å². The van der Waals surface area contributed by atoms with Crippen LogP contribution in [0.4, 0.5) is 0 Å². The predicted octanol–water partition coefficient (Wildman–Crippen LogP) is 5.21. The summed E-state index contributed by atoms with van der Waals surface area (Å²) in [6.07, 6.45) is 0.266. The van der Waals surface area contributed by atoms with Gasteiger partial charge in [-0.05, 0) is 49.4 Å². The van der Waals surface area contributed by atoms with Gasteiger partial charge in [0.2, 0.25) is 11.8 Å². The van der Waals surface area contributed by atoms with Crippen LogP contribution in [0.1, 0.15) is 92.0 Å². The molecule has 1 aliphatic heterocycles. The highest BCUT2D eigenvalue weighted by molar-refractivity contribution is 7.90. The van der Waals surface area contributed by atoms with E-state index in [9.17, 15) is 27.6 Å². The zero-order valence-electron chi connectivity index (χ0n) is 30.8. The molecule has 1 aliphatic rings. The van der Waals surface area contributed by atoms with Gasteiger partial charge in [0.25, 0.3) is 17.7 Å². The third-order valence-electron chi connectivity index (χ3n) is 9.12. The number of oxazole rings is 1. The molecule has 3 aromatic carbocycles. The maximum Gasteiger partial charge on any atom is 0.274 e. The lowest BCUT2D eigenvalue weighted by Crippen LogP contribution is -2.50. The highest BCUT2D eigenvalue weighted by Gasteiger charge is 2.33. The summed E-state index contributed by atoms with van der Waals surface area (Å²) in [4.78, 5) is 65.9. The monoisotopic (exact) mass is 782 g/mol. The van der Waals surface area contributed by atoms with Crippen LogP contribution in [0, 0.1) is 12.8 Å². The molecule has 6 rings (SSSR count). The zero-order valence-corrected chi connectivity index (χ0v) is 32.4. The van der Waals surface area contributed by atoms with E-state index < -0.39 is 58.1 Å². The Kier molecular flexibility index (Phi) is 11.9. The van der Waals surface area contributed by atoms with E-state index in [2.05, 4.69) is 25.9 Å². The lowest BCUT2D eigenvalue weighted by atomic mass is 10.0. The molecule has 286 valence electrons. The SMILES string of the molecule is Cc1oc2nc1C(=O)N[C@H](C)c1nc(cs1)C(=O)N[C@H](Cc1ccccc1)CN(C(=O)c1ccccc1S(=O)(=O)Cc1ccccc1)CC(=O)N[C@H]2C(C)C. The lowest BCUT2D eigenvalue weighted by molar-refractivity contribution is -0.123. The molecule has 0 unspecified atom stereocenters. The van der Waals surface area contributed by atoms with Gasteiger partial charge in [-0.25, -0.2) is 18.4 Å². The summed E-state index contributed by atoms with van der Waals surface area (Å²) in [5.41, 5.74) is 1.42. The first kappa shape index (κ1) is 39.0. The van der Waals surface area contributed by atoms with Crippen molar-refractivity contribution in [1.29, 1.82) is 0 Å². The molecular weight excluding hydrogens is 741 g/mol. The van der Waals surface area contributed by atoms with Gasteiger partial charge < -0.3 is 25.3 Å². The number of aryl methyl sites for hydroxylation is 1. The molecule has 13 nitrogen and oxygen atoms in total. The molecule has 5 aromatic rings. The van der Waals surface area contributed by atoms with Crippen LogP contribution in [0.5, 0.6) is 0 Å². The van der Waals surface area contributed by atoms with Crippen LogP contribution in [0.25, 0.3) is 0 Å². The molecule has 0 saturated carbocycles. The molecule has 15 heteroatoms. The molecule has 0 saturated heterocycles. The average molecular weight is 783 g/mol. The Morgan fingerprint density at radius 3 is 2.24 bits per heavy atom. The summed E-state index contributed by atoms with van der Waals surface area (Å²) < 4.78 is 33.7. The summed E-state index contributed by atoms with van der Waals surface area (Å²) in [5.74, 6) is -2.60. The second kappa shape index (κ2) is 16.8. The van der Waals surface area contributed by atoms with E-state index in [1.54, 1.807) is 61.7 Å². The molecular formula is C40H42N6O7S2. The van der Waals surface area contributed by atoms with E-state index in [1.807, 2.05) is 44.2 Å². The Morgan fingerprint density at radius 1 is 0.891 bits per heavy atom. The van der Waals surface area contributed by atoms with Gasteiger partial charge in [0, 0.05) is 11.9 Å². The first-order chi connectivity index (χ1) is 26.3. The van der Waals surface area contributed by atoms with Crippen molar-refractivity contribution < 1.29 is 32.0 Å². The summed E-state index contributed by atoms with van der Waals surface area (Å²) >= 11 is 1.20. The van der Waals surface area contributed by atoms with E-state index >= 15 is 0 Å². The standard InChI is InChI=1S/C40H42N6O7S2/c1-24(2)34-38-45-35(26(4)53-38)37(49)41-25(3)39-43-31(22-54-39)36(48)42-29(19-27-13-7-5-8-14-27)20-46(21-33(47)44-34)40(50)30-17-11-12-18-32(30)55(51,52)23-28-15-9-6-10-16-28/h5-18,22,24-25,29,34H,19-21,23H2,1-4H3,(H,41,49)(H,42,48)(H,44,47)/t25-,29-,34+/m1/s1. The molecule has 3 atom stereocenters. The summed E-state index contributed by atoms with van der Waals surface area (Å²) in [5, 5.41) is 10.9. The number of aromatic nitrogens is 2.